The molecule has 1 N–H and O–H groups in total. The van der Waals surface area contributed by atoms with E-state index in [2.05, 4.69) is 14.9 Å². The number of halogens is 3. The van der Waals surface area contributed by atoms with E-state index in [0.29, 0.717) is 25.1 Å². The third-order valence-corrected chi connectivity index (χ3v) is 6.32. The lowest BCUT2D eigenvalue weighted by molar-refractivity contribution is -0.274. The number of hydrogen-bond acceptors (Lipinski definition) is 8. The largest absolute Gasteiger partial charge is 0.573 e. The lowest BCUT2D eigenvalue weighted by atomic mass is 10.1. The first kappa shape index (κ1) is 23.2. The summed E-state index contributed by atoms with van der Waals surface area (Å²) < 4.78 is 69.5. The standard InChI is InChI=1S/C21H20F3N3O5S/c1-33(29,30)17-8-2-13(3-9-17)11-27-12-15(28)10-18(27)20-25-19(26-32-20)14-4-6-16(7-5-14)31-21(22,23)24/h2-9,15,18,28H,10-12H2,1H3/t15-,18+/m1/s1. The molecule has 0 spiro atoms. The lowest BCUT2D eigenvalue weighted by Crippen LogP contribution is -2.24. The molecule has 8 nitrogen and oxygen atoms in total. The zero-order valence-electron chi connectivity index (χ0n) is 17.4. The van der Waals surface area contributed by atoms with Crippen LogP contribution in [0.5, 0.6) is 5.75 Å². The first-order chi connectivity index (χ1) is 15.5. The molecule has 4 rings (SSSR count). The molecule has 12 heteroatoms. The molecular weight excluding hydrogens is 463 g/mol. The van der Waals surface area contributed by atoms with Crippen LogP contribution in [0.1, 0.15) is 23.9 Å². The number of benzene rings is 2. The number of ether oxygens (including phenoxy) is 1. The lowest BCUT2D eigenvalue weighted by Gasteiger charge is -2.21. The van der Waals surface area contributed by atoms with Gasteiger partial charge in [0.05, 0.1) is 17.0 Å². The highest BCUT2D eigenvalue weighted by atomic mass is 32.2. The van der Waals surface area contributed by atoms with Crippen LogP contribution in [0.25, 0.3) is 11.4 Å². The first-order valence-corrected chi connectivity index (χ1v) is 11.8. The Balaban J connectivity index is 1.49. The van der Waals surface area contributed by atoms with E-state index in [1.807, 2.05) is 4.90 Å². The molecule has 176 valence electrons. The van der Waals surface area contributed by atoms with Gasteiger partial charge < -0.3 is 14.4 Å². The van der Waals surface area contributed by atoms with Crippen LogP contribution in [0.3, 0.4) is 0 Å². The molecule has 1 aliphatic rings. The van der Waals surface area contributed by atoms with Crippen molar-refractivity contribution in [2.24, 2.45) is 0 Å². The molecule has 0 saturated carbocycles. The van der Waals surface area contributed by atoms with Crippen molar-refractivity contribution in [3.8, 4) is 17.1 Å². The van der Waals surface area contributed by atoms with Crippen LogP contribution >= 0.6 is 0 Å². The summed E-state index contributed by atoms with van der Waals surface area (Å²) in [6, 6.07) is 11.2. The molecule has 2 atom stereocenters. The Bertz CT molecular complexity index is 1210. The van der Waals surface area contributed by atoms with Crippen molar-refractivity contribution in [2.45, 2.75) is 36.4 Å². The van der Waals surface area contributed by atoms with E-state index in [9.17, 15) is 26.7 Å². The summed E-state index contributed by atoms with van der Waals surface area (Å²) >= 11 is 0. The number of hydrogen-bond donors (Lipinski definition) is 1. The van der Waals surface area contributed by atoms with Crippen LogP contribution in [-0.4, -0.2) is 53.8 Å². The number of aromatic nitrogens is 2. The van der Waals surface area contributed by atoms with Crippen molar-refractivity contribution < 1.29 is 36.0 Å². The monoisotopic (exact) mass is 483 g/mol. The fraction of sp³-hybridized carbons (Fsp3) is 0.333. The van der Waals surface area contributed by atoms with Crippen LogP contribution in [0.4, 0.5) is 13.2 Å². The van der Waals surface area contributed by atoms with Gasteiger partial charge in [0.1, 0.15) is 5.75 Å². The number of sulfone groups is 1. The van der Waals surface area contributed by atoms with E-state index in [0.717, 1.165) is 24.0 Å². The first-order valence-electron chi connectivity index (χ1n) is 9.89. The predicted octanol–water partition coefficient (Wildman–Crippen LogP) is 3.35. The van der Waals surface area contributed by atoms with Gasteiger partial charge in [-0.1, -0.05) is 17.3 Å². The number of nitrogens with zero attached hydrogens (tertiary/aromatic N) is 3. The SMILES string of the molecule is CS(=O)(=O)c1ccc(CN2C[C@H](O)C[C@H]2c2nc(-c3ccc(OC(F)(F)F)cc3)no2)cc1. The molecule has 2 aromatic carbocycles. The van der Waals surface area contributed by atoms with E-state index in [4.69, 9.17) is 4.52 Å². The summed E-state index contributed by atoms with van der Waals surface area (Å²) in [6.07, 6.45) is -3.89. The van der Waals surface area contributed by atoms with Crippen molar-refractivity contribution in [2.75, 3.05) is 12.8 Å². The number of alkyl halides is 3. The van der Waals surface area contributed by atoms with Crippen LogP contribution in [0, 0.1) is 0 Å². The Kier molecular flexibility index (Phi) is 6.16. The minimum absolute atomic E-state index is 0.197. The average Bonchev–Trinajstić information content (AvgIpc) is 3.34. The van der Waals surface area contributed by atoms with Gasteiger partial charge in [0, 0.05) is 24.9 Å². The molecule has 0 amide bonds. The summed E-state index contributed by atoms with van der Waals surface area (Å²) in [4.78, 5) is 6.53. The number of β-amino-alcohol motifs (C(OH)–C–C–N with tert-alkyl or cyclic N) is 1. The van der Waals surface area contributed by atoms with E-state index in [1.54, 1.807) is 12.1 Å². The van der Waals surface area contributed by atoms with E-state index in [1.165, 1.54) is 24.3 Å². The minimum atomic E-state index is -4.78. The number of aliphatic hydroxyl groups is 1. The van der Waals surface area contributed by atoms with Gasteiger partial charge in [0.2, 0.25) is 11.7 Å². The van der Waals surface area contributed by atoms with Crippen LogP contribution < -0.4 is 4.74 Å². The van der Waals surface area contributed by atoms with Gasteiger partial charge in [-0.2, -0.15) is 4.98 Å². The van der Waals surface area contributed by atoms with Gasteiger partial charge >= 0.3 is 6.36 Å². The molecule has 0 aliphatic carbocycles. The summed E-state index contributed by atoms with van der Waals surface area (Å²) in [5.41, 5.74) is 1.29. The Morgan fingerprint density at radius 3 is 2.42 bits per heavy atom. The fourth-order valence-electron chi connectivity index (χ4n) is 3.68. The van der Waals surface area contributed by atoms with E-state index >= 15 is 0 Å². The van der Waals surface area contributed by atoms with E-state index in [-0.39, 0.29) is 28.4 Å². The zero-order valence-corrected chi connectivity index (χ0v) is 18.2. The highest BCUT2D eigenvalue weighted by molar-refractivity contribution is 7.90. The molecule has 1 fully saturated rings. The van der Waals surface area contributed by atoms with Crippen LogP contribution in [0.15, 0.2) is 57.9 Å². The van der Waals surface area contributed by atoms with Crippen molar-refractivity contribution in [3.05, 3.63) is 60.0 Å². The molecular formula is C21H20F3N3O5S. The summed E-state index contributed by atoms with van der Waals surface area (Å²) in [5, 5.41) is 14.1. The van der Waals surface area contributed by atoms with E-state index < -0.39 is 22.3 Å². The van der Waals surface area contributed by atoms with Crippen LogP contribution in [-0.2, 0) is 16.4 Å². The molecule has 1 aliphatic heterocycles. The topological polar surface area (TPSA) is 106 Å². The molecule has 0 unspecified atom stereocenters. The highest BCUT2D eigenvalue weighted by Crippen LogP contribution is 2.34. The predicted molar refractivity (Wildman–Crippen MR) is 110 cm³/mol. The molecule has 0 bridgehead atoms. The third kappa shape index (κ3) is 5.70. The third-order valence-electron chi connectivity index (χ3n) is 5.19. The highest BCUT2D eigenvalue weighted by Gasteiger charge is 2.36. The van der Waals surface area contributed by atoms with Crippen molar-refractivity contribution in [1.29, 1.82) is 0 Å². The Hall–Kier alpha value is -2.96. The molecule has 2 heterocycles. The smallest absolute Gasteiger partial charge is 0.406 e. The van der Waals surface area contributed by atoms with Gasteiger partial charge in [0.25, 0.3) is 0 Å². The summed E-state index contributed by atoms with van der Waals surface area (Å²) in [7, 11) is -3.30. The maximum Gasteiger partial charge on any atom is 0.573 e. The molecule has 3 aromatic rings. The second-order valence-corrected chi connectivity index (χ2v) is 9.80. The van der Waals surface area contributed by atoms with Gasteiger partial charge in [0.15, 0.2) is 9.84 Å². The van der Waals surface area contributed by atoms with Gasteiger partial charge in [-0.05, 0) is 48.4 Å². The fourth-order valence-corrected chi connectivity index (χ4v) is 4.31. The second-order valence-electron chi connectivity index (χ2n) is 7.78. The number of rotatable bonds is 6. The molecule has 1 aromatic heterocycles. The van der Waals surface area contributed by atoms with Crippen molar-refractivity contribution in [1.82, 2.24) is 15.0 Å². The zero-order chi connectivity index (χ0) is 23.8. The Morgan fingerprint density at radius 2 is 1.82 bits per heavy atom. The maximum atomic E-state index is 12.3. The average molecular weight is 483 g/mol. The minimum Gasteiger partial charge on any atom is -0.406 e. The summed E-state index contributed by atoms with van der Waals surface area (Å²) in [6.45, 7) is 0.784. The van der Waals surface area contributed by atoms with Gasteiger partial charge in [-0.25, -0.2) is 8.42 Å². The quantitative estimate of drug-likeness (QED) is 0.569. The molecule has 33 heavy (non-hydrogen) atoms. The Morgan fingerprint density at radius 1 is 1.15 bits per heavy atom. The molecule has 1 saturated heterocycles. The maximum absolute atomic E-state index is 12.3. The second kappa shape index (κ2) is 8.76. The van der Waals surface area contributed by atoms with Crippen LogP contribution in [0.2, 0.25) is 0 Å². The van der Waals surface area contributed by atoms with Crippen molar-refractivity contribution >= 4 is 9.84 Å². The normalized spacial score (nSPS) is 19.7. The number of aliphatic hydroxyl groups excluding tert-OH is 1. The molecule has 0 radical (unpaired) electrons. The van der Waals surface area contributed by atoms with Crippen molar-refractivity contribution in [3.63, 3.8) is 0 Å². The Labute approximate surface area is 187 Å². The number of likely N-dealkylation sites (tertiary alicyclic amines) is 1. The summed E-state index contributed by atoms with van der Waals surface area (Å²) in [5.74, 6) is 0.106. The van der Waals surface area contributed by atoms with Gasteiger partial charge in [-0.15, -0.1) is 13.2 Å². The van der Waals surface area contributed by atoms with Gasteiger partial charge in [-0.3, -0.25) is 4.90 Å².